The molecule has 0 radical (unpaired) electrons. The zero-order chi connectivity index (χ0) is 19.0. The second-order valence-corrected chi connectivity index (χ2v) is 6.91. The van der Waals surface area contributed by atoms with Gasteiger partial charge < -0.3 is 5.32 Å². The second kappa shape index (κ2) is 6.93. The number of anilines is 1. The summed E-state index contributed by atoms with van der Waals surface area (Å²) in [6.45, 7) is 0.740. The number of nitrogens with zero attached hydrogens (tertiary/aromatic N) is 2. The van der Waals surface area contributed by atoms with Gasteiger partial charge in [0.1, 0.15) is 5.82 Å². The molecule has 2 aromatic carbocycles. The first-order valence-corrected chi connectivity index (χ1v) is 9.11. The Morgan fingerprint density at radius 1 is 1.04 bits per heavy atom. The SMILES string of the molecule is FC(F)(F)c1ccc(Cl)c(-n2nc(-c3ccccc3)c3c2NCCCC3)c1. The van der Waals surface area contributed by atoms with Crippen LogP contribution < -0.4 is 5.32 Å². The van der Waals surface area contributed by atoms with Crippen LogP contribution in [-0.4, -0.2) is 16.3 Å². The van der Waals surface area contributed by atoms with Crippen molar-refractivity contribution in [1.82, 2.24) is 9.78 Å². The molecule has 1 aromatic heterocycles. The van der Waals surface area contributed by atoms with Crippen molar-refractivity contribution in [2.75, 3.05) is 11.9 Å². The van der Waals surface area contributed by atoms with Crippen molar-refractivity contribution < 1.29 is 13.2 Å². The fourth-order valence-corrected chi connectivity index (χ4v) is 3.55. The maximum atomic E-state index is 13.2. The summed E-state index contributed by atoms with van der Waals surface area (Å²) in [6.07, 6.45) is -1.66. The van der Waals surface area contributed by atoms with Gasteiger partial charge in [-0.05, 0) is 37.5 Å². The van der Waals surface area contributed by atoms with Gasteiger partial charge >= 0.3 is 6.18 Å². The van der Waals surface area contributed by atoms with E-state index in [9.17, 15) is 13.2 Å². The molecule has 0 saturated carbocycles. The highest BCUT2D eigenvalue weighted by Crippen LogP contribution is 2.38. The van der Waals surface area contributed by atoms with Gasteiger partial charge in [-0.1, -0.05) is 41.9 Å². The van der Waals surface area contributed by atoms with Crippen LogP contribution in [0.4, 0.5) is 19.0 Å². The van der Waals surface area contributed by atoms with Gasteiger partial charge in [0.15, 0.2) is 0 Å². The van der Waals surface area contributed by atoms with Crippen LogP contribution in [0.1, 0.15) is 24.0 Å². The van der Waals surface area contributed by atoms with Gasteiger partial charge in [-0.15, -0.1) is 0 Å². The van der Waals surface area contributed by atoms with Crippen LogP contribution in [0.5, 0.6) is 0 Å². The molecule has 0 aliphatic carbocycles. The molecule has 0 unspecified atom stereocenters. The normalized spacial score (nSPS) is 14.4. The first-order valence-electron chi connectivity index (χ1n) is 8.73. The van der Waals surface area contributed by atoms with Crippen molar-refractivity contribution in [3.05, 3.63) is 64.7 Å². The molecule has 140 valence electrons. The lowest BCUT2D eigenvalue weighted by Crippen LogP contribution is -2.10. The van der Waals surface area contributed by atoms with E-state index >= 15 is 0 Å². The Bertz CT molecular complexity index is 965. The monoisotopic (exact) mass is 391 g/mol. The van der Waals surface area contributed by atoms with Crippen LogP contribution >= 0.6 is 11.6 Å². The number of rotatable bonds is 2. The van der Waals surface area contributed by atoms with Crippen LogP contribution in [0.3, 0.4) is 0 Å². The summed E-state index contributed by atoms with van der Waals surface area (Å²) < 4.78 is 41.1. The molecule has 4 rings (SSSR count). The highest BCUT2D eigenvalue weighted by atomic mass is 35.5. The largest absolute Gasteiger partial charge is 0.416 e. The standard InChI is InChI=1S/C20H17ClF3N3/c21-16-10-9-14(20(22,23)24)12-17(16)27-19-15(8-4-5-11-25-19)18(26-27)13-6-2-1-3-7-13/h1-3,6-7,9-10,12,25H,4-5,8,11H2. The number of nitrogens with one attached hydrogen (secondary N) is 1. The molecule has 3 nitrogen and oxygen atoms in total. The van der Waals surface area contributed by atoms with Crippen LogP contribution in [0.2, 0.25) is 5.02 Å². The van der Waals surface area contributed by atoms with E-state index in [1.54, 1.807) is 0 Å². The summed E-state index contributed by atoms with van der Waals surface area (Å²) in [5.41, 5.74) is 2.18. The Morgan fingerprint density at radius 2 is 1.81 bits per heavy atom. The number of hydrogen-bond acceptors (Lipinski definition) is 2. The van der Waals surface area contributed by atoms with Gasteiger partial charge in [0.25, 0.3) is 0 Å². The first kappa shape index (κ1) is 17.9. The molecule has 2 heterocycles. The van der Waals surface area contributed by atoms with Gasteiger partial charge in [-0.3, -0.25) is 0 Å². The molecule has 0 spiro atoms. The molecule has 0 amide bonds. The van der Waals surface area contributed by atoms with E-state index < -0.39 is 11.7 Å². The van der Waals surface area contributed by atoms with Gasteiger partial charge in [-0.2, -0.15) is 18.3 Å². The van der Waals surface area contributed by atoms with Crippen molar-refractivity contribution in [2.24, 2.45) is 0 Å². The average Bonchev–Trinajstić information content (AvgIpc) is 2.83. The van der Waals surface area contributed by atoms with Crippen molar-refractivity contribution in [3.63, 3.8) is 0 Å². The van der Waals surface area contributed by atoms with Crippen LogP contribution in [0.15, 0.2) is 48.5 Å². The molecule has 7 heteroatoms. The zero-order valence-electron chi connectivity index (χ0n) is 14.4. The van der Waals surface area contributed by atoms with Gasteiger partial charge in [0, 0.05) is 17.7 Å². The van der Waals surface area contributed by atoms with Gasteiger partial charge in [0.2, 0.25) is 0 Å². The maximum absolute atomic E-state index is 13.2. The first-order chi connectivity index (χ1) is 12.9. The molecular formula is C20H17ClF3N3. The van der Waals surface area contributed by atoms with Crippen LogP contribution in [-0.2, 0) is 12.6 Å². The fraction of sp³-hybridized carbons (Fsp3) is 0.250. The summed E-state index contributed by atoms with van der Waals surface area (Å²) in [5, 5.41) is 8.21. The molecule has 3 aromatic rings. The van der Waals surface area contributed by atoms with Crippen molar-refractivity contribution in [1.29, 1.82) is 0 Å². The maximum Gasteiger partial charge on any atom is 0.416 e. The quantitative estimate of drug-likeness (QED) is 0.584. The van der Waals surface area contributed by atoms with E-state index in [4.69, 9.17) is 11.6 Å². The second-order valence-electron chi connectivity index (χ2n) is 6.50. The molecule has 0 atom stereocenters. The summed E-state index contributed by atoms with van der Waals surface area (Å²) in [6, 6.07) is 13.0. The number of halogens is 4. The number of benzene rings is 2. The molecule has 1 aliphatic heterocycles. The molecule has 0 fully saturated rings. The van der Waals surface area contributed by atoms with Crippen molar-refractivity contribution in [2.45, 2.75) is 25.4 Å². The molecular weight excluding hydrogens is 375 g/mol. The number of aromatic nitrogens is 2. The predicted octanol–water partition coefficient (Wildman–Crippen LogP) is 5.96. The Balaban J connectivity index is 1.93. The third-order valence-electron chi connectivity index (χ3n) is 4.68. The summed E-state index contributed by atoms with van der Waals surface area (Å²) in [4.78, 5) is 0. The summed E-state index contributed by atoms with van der Waals surface area (Å²) in [5.74, 6) is 0.715. The third-order valence-corrected chi connectivity index (χ3v) is 5.00. The molecule has 0 bridgehead atoms. The molecule has 1 aliphatic rings. The average molecular weight is 392 g/mol. The lowest BCUT2D eigenvalue weighted by molar-refractivity contribution is -0.137. The Labute approximate surface area is 159 Å². The minimum atomic E-state index is -4.45. The minimum Gasteiger partial charge on any atom is -0.370 e. The predicted molar refractivity (Wildman–Crippen MR) is 100 cm³/mol. The topological polar surface area (TPSA) is 29.9 Å². The van der Waals surface area contributed by atoms with Gasteiger partial charge in [0.05, 0.1) is 22.0 Å². The summed E-state index contributed by atoms with van der Waals surface area (Å²) in [7, 11) is 0. The Morgan fingerprint density at radius 3 is 2.56 bits per heavy atom. The number of alkyl halides is 3. The zero-order valence-corrected chi connectivity index (χ0v) is 15.1. The molecule has 1 N–H and O–H groups in total. The smallest absolute Gasteiger partial charge is 0.370 e. The lowest BCUT2D eigenvalue weighted by atomic mass is 10.0. The van der Waals surface area contributed by atoms with E-state index in [0.717, 1.165) is 54.8 Å². The Kier molecular flexibility index (Phi) is 4.60. The summed E-state index contributed by atoms with van der Waals surface area (Å²) >= 11 is 6.26. The van der Waals surface area contributed by atoms with Crippen molar-refractivity contribution in [3.8, 4) is 16.9 Å². The van der Waals surface area contributed by atoms with E-state index in [1.807, 2.05) is 30.3 Å². The molecule has 0 saturated heterocycles. The minimum absolute atomic E-state index is 0.221. The molecule has 27 heavy (non-hydrogen) atoms. The van der Waals surface area contributed by atoms with Crippen LogP contribution in [0.25, 0.3) is 16.9 Å². The van der Waals surface area contributed by atoms with E-state index in [2.05, 4.69) is 10.4 Å². The Hall–Kier alpha value is -2.47. The van der Waals surface area contributed by atoms with E-state index in [-0.39, 0.29) is 10.7 Å². The van der Waals surface area contributed by atoms with E-state index in [0.29, 0.717) is 5.82 Å². The lowest BCUT2D eigenvalue weighted by Gasteiger charge is -2.13. The highest BCUT2D eigenvalue weighted by molar-refractivity contribution is 6.32. The van der Waals surface area contributed by atoms with E-state index in [1.165, 1.54) is 10.7 Å². The highest BCUT2D eigenvalue weighted by Gasteiger charge is 2.32. The third kappa shape index (κ3) is 3.41. The van der Waals surface area contributed by atoms with Crippen LogP contribution in [0, 0.1) is 0 Å². The number of fused-ring (bicyclic) bond motifs is 1. The van der Waals surface area contributed by atoms with Gasteiger partial charge in [-0.25, -0.2) is 4.68 Å². The number of hydrogen-bond donors (Lipinski definition) is 1. The fourth-order valence-electron chi connectivity index (χ4n) is 3.36. The van der Waals surface area contributed by atoms with Crippen molar-refractivity contribution >= 4 is 17.4 Å².